The summed E-state index contributed by atoms with van der Waals surface area (Å²) in [6, 6.07) is -0.529. The van der Waals surface area contributed by atoms with Crippen LogP contribution in [0.15, 0.2) is 0 Å². The summed E-state index contributed by atoms with van der Waals surface area (Å²) >= 11 is 0. The Kier molecular flexibility index (Phi) is 2.78. The molecular weight excluding hydrogens is 270 g/mol. The molecule has 4 amide bonds. The third-order valence-electron chi connectivity index (χ3n) is 5.75. The zero-order chi connectivity index (χ0) is 14.6. The number of hydrogen-bond acceptors (Lipinski definition) is 3. The predicted molar refractivity (Wildman–Crippen MR) is 73.6 cm³/mol. The second-order valence-corrected chi connectivity index (χ2v) is 7.57. The molecule has 0 atom stereocenters. The maximum Gasteiger partial charge on any atom is 0.343 e. The van der Waals surface area contributed by atoms with Crippen LogP contribution in [0, 0.1) is 23.2 Å². The number of hydrogen-bond donors (Lipinski definition) is 2. The maximum atomic E-state index is 12.3. The summed E-state index contributed by atoms with van der Waals surface area (Å²) in [6.45, 7) is -0.0779. The summed E-state index contributed by atoms with van der Waals surface area (Å²) in [5.41, 5.74) is 2.75. The monoisotopic (exact) mass is 291 g/mol. The van der Waals surface area contributed by atoms with Gasteiger partial charge in [0, 0.05) is 6.42 Å². The van der Waals surface area contributed by atoms with Gasteiger partial charge in [-0.25, -0.2) is 9.80 Å². The molecule has 6 nitrogen and oxygen atoms in total. The van der Waals surface area contributed by atoms with Crippen molar-refractivity contribution >= 4 is 17.8 Å². The molecule has 0 unspecified atom stereocenters. The van der Waals surface area contributed by atoms with Crippen molar-refractivity contribution in [3.05, 3.63) is 0 Å². The summed E-state index contributed by atoms with van der Waals surface area (Å²) in [6.07, 6.45) is 8.04. The van der Waals surface area contributed by atoms with E-state index in [2.05, 4.69) is 10.7 Å². The lowest BCUT2D eigenvalue weighted by Gasteiger charge is -2.56. The molecule has 1 heterocycles. The number of amides is 4. The van der Waals surface area contributed by atoms with E-state index >= 15 is 0 Å². The van der Waals surface area contributed by atoms with Gasteiger partial charge in [0.2, 0.25) is 11.8 Å². The highest BCUT2D eigenvalue weighted by molar-refractivity contribution is 6.02. The first-order chi connectivity index (χ1) is 10.0. The van der Waals surface area contributed by atoms with Gasteiger partial charge in [0.25, 0.3) is 0 Å². The van der Waals surface area contributed by atoms with Gasteiger partial charge < -0.3 is 0 Å². The Hall–Kier alpha value is -1.59. The van der Waals surface area contributed by atoms with E-state index in [1.807, 2.05) is 0 Å². The molecule has 6 heteroatoms. The quantitative estimate of drug-likeness (QED) is 0.766. The van der Waals surface area contributed by atoms with Crippen LogP contribution in [0.1, 0.15) is 44.9 Å². The van der Waals surface area contributed by atoms with E-state index < -0.39 is 6.03 Å². The molecular formula is C15H21N3O3. The SMILES string of the molecule is O=C1CN(NC(=O)CC23CC4CC(CC(C4)C2)C3)C(=O)N1. The summed E-state index contributed by atoms with van der Waals surface area (Å²) in [7, 11) is 0. The van der Waals surface area contributed by atoms with Crippen LogP contribution in [0.2, 0.25) is 0 Å². The molecule has 0 spiro atoms. The number of nitrogens with zero attached hydrogens (tertiary/aromatic N) is 1. The van der Waals surface area contributed by atoms with Crippen LogP contribution in [-0.4, -0.2) is 29.4 Å². The predicted octanol–water partition coefficient (Wildman–Crippen LogP) is 1.18. The van der Waals surface area contributed by atoms with Crippen LogP contribution in [0.4, 0.5) is 4.79 Å². The molecule has 4 aliphatic carbocycles. The molecule has 0 aromatic rings. The van der Waals surface area contributed by atoms with Crippen molar-refractivity contribution in [1.29, 1.82) is 0 Å². The lowest BCUT2D eigenvalue weighted by Crippen LogP contribution is -2.50. The van der Waals surface area contributed by atoms with Gasteiger partial charge in [-0.2, -0.15) is 0 Å². The van der Waals surface area contributed by atoms with Crippen molar-refractivity contribution < 1.29 is 14.4 Å². The average molecular weight is 291 g/mol. The highest BCUT2D eigenvalue weighted by atomic mass is 16.2. The van der Waals surface area contributed by atoms with Gasteiger partial charge in [0.05, 0.1) is 0 Å². The van der Waals surface area contributed by atoms with E-state index in [9.17, 15) is 14.4 Å². The van der Waals surface area contributed by atoms with Crippen molar-refractivity contribution in [2.45, 2.75) is 44.9 Å². The zero-order valence-corrected chi connectivity index (χ0v) is 12.1. The molecule has 4 bridgehead atoms. The number of rotatable bonds is 3. The molecule has 1 saturated heterocycles. The Labute approximate surface area is 123 Å². The molecule has 4 saturated carbocycles. The van der Waals surface area contributed by atoms with Crippen LogP contribution in [0.3, 0.4) is 0 Å². The van der Waals surface area contributed by atoms with E-state index in [0.717, 1.165) is 22.8 Å². The van der Waals surface area contributed by atoms with E-state index in [1.165, 1.54) is 38.5 Å². The standard InChI is InChI=1S/C15H21N3O3/c19-12(17-18-8-13(20)16-14(18)21)7-15-4-9-1-10(5-15)3-11(2-9)6-15/h9-11H,1-8H2,(H,17,19)(H,16,20,21). The Morgan fingerprint density at radius 1 is 1.14 bits per heavy atom. The van der Waals surface area contributed by atoms with Gasteiger partial charge in [-0.1, -0.05) is 0 Å². The molecule has 0 aromatic heterocycles. The highest BCUT2D eigenvalue weighted by Crippen LogP contribution is 2.61. The molecule has 5 fully saturated rings. The normalized spacial score (nSPS) is 40.6. The van der Waals surface area contributed by atoms with E-state index in [4.69, 9.17) is 0 Å². The molecule has 114 valence electrons. The van der Waals surface area contributed by atoms with Crippen molar-refractivity contribution in [3.8, 4) is 0 Å². The maximum absolute atomic E-state index is 12.3. The average Bonchev–Trinajstić information content (AvgIpc) is 2.64. The number of carbonyl (C=O) groups excluding carboxylic acids is 3. The van der Waals surface area contributed by atoms with Crippen LogP contribution in [-0.2, 0) is 9.59 Å². The summed E-state index contributed by atoms with van der Waals surface area (Å²) in [5, 5.41) is 3.25. The Morgan fingerprint density at radius 3 is 2.19 bits per heavy atom. The highest BCUT2D eigenvalue weighted by Gasteiger charge is 2.51. The molecule has 2 N–H and O–H groups in total. The molecule has 0 radical (unpaired) electrons. The number of imide groups is 1. The first-order valence-corrected chi connectivity index (χ1v) is 7.92. The van der Waals surface area contributed by atoms with E-state index in [0.29, 0.717) is 6.42 Å². The molecule has 5 rings (SSSR count). The molecule has 1 aliphatic heterocycles. The fourth-order valence-corrected chi connectivity index (χ4v) is 5.57. The Balaban J connectivity index is 1.40. The first-order valence-electron chi connectivity index (χ1n) is 7.92. The molecule has 0 aromatic carbocycles. The van der Waals surface area contributed by atoms with Crippen LogP contribution >= 0.6 is 0 Å². The second-order valence-electron chi connectivity index (χ2n) is 7.57. The third kappa shape index (κ3) is 2.30. The fourth-order valence-electron chi connectivity index (χ4n) is 5.57. The van der Waals surface area contributed by atoms with Gasteiger partial charge in [-0.3, -0.25) is 20.3 Å². The molecule has 21 heavy (non-hydrogen) atoms. The fraction of sp³-hybridized carbons (Fsp3) is 0.800. The Bertz CT molecular complexity index is 481. The lowest BCUT2D eigenvalue weighted by atomic mass is 9.49. The minimum Gasteiger partial charge on any atom is -0.275 e. The number of hydrazine groups is 1. The van der Waals surface area contributed by atoms with Crippen molar-refractivity contribution in [3.63, 3.8) is 0 Å². The van der Waals surface area contributed by atoms with Gasteiger partial charge >= 0.3 is 6.03 Å². The minimum atomic E-state index is -0.529. The molecule has 5 aliphatic rings. The zero-order valence-electron chi connectivity index (χ0n) is 12.1. The largest absolute Gasteiger partial charge is 0.343 e. The van der Waals surface area contributed by atoms with Crippen LogP contribution in [0.25, 0.3) is 0 Å². The summed E-state index contributed by atoms with van der Waals surface area (Å²) in [4.78, 5) is 34.9. The first kappa shape index (κ1) is 13.1. The van der Waals surface area contributed by atoms with Crippen LogP contribution < -0.4 is 10.7 Å². The third-order valence-corrected chi connectivity index (χ3v) is 5.75. The van der Waals surface area contributed by atoms with Gasteiger partial charge in [-0.05, 0) is 61.7 Å². The smallest absolute Gasteiger partial charge is 0.275 e. The van der Waals surface area contributed by atoms with Gasteiger partial charge in [0.15, 0.2) is 0 Å². The summed E-state index contributed by atoms with van der Waals surface area (Å²) in [5.74, 6) is 1.93. The van der Waals surface area contributed by atoms with Crippen molar-refractivity contribution in [2.75, 3.05) is 6.54 Å². The topological polar surface area (TPSA) is 78.5 Å². The van der Waals surface area contributed by atoms with E-state index in [1.54, 1.807) is 0 Å². The second kappa shape index (κ2) is 4.45. The van der Waals surface area contributed by atoms with Gasteiger partial charge in [-0.15, -0.1) is 0 Å². The number of nitrogens with one attached hydrogen (secondary N) is 2. The Morgan fingerprint density at radius 2 is 1.71 bits per heavy atom. The van der Waals surface area contributed by atoms with E-state index in [-0.39, 0.29) is 23.8 Å². The minimum absolute atomic E-state index is 0.0779. The number of carbonyl (C=O) groups is 3. The lowest BCUT2D eigenvalue weighted by molar-refractivity contribution is -0.133. The van der Waals surface area contributed by atoms with Gasteiger partial charge in [0.1, 0.15) is 6.54 Å². The summed E-state index contributed by atoms with van der Waals surface area (Å²) < 4.78 is 0. The number of urea groups is 1. The van der Waals surface area contributed by atoms with Crippen LogP contribution in [0.5, 0.6) is 0 Å². The van der Waals surface area contributed by atoms with Crippen molar-refractivity contribution in [2.24, 2.45) is 23.2 Å². The van der Waals surface area contributed by atoms with Crippen molar-refractivity contribution in [1.82, 2.24) is 15.8 Å².